The number of aromatic nitrogens is 5. The van der Waals surface area contributed by atoms with E-state index in [0.29, 0.717) is 26.1 Å². The van der Waals surface area contributed by atoms with Crippen LogP contribution in [0.1, 0.15) is 12.1 Å². The fourth-order valence-electron chi connectivity index (χ4n) is 4.08. The number of hydrogen-bond acceptors (Lipinski definition) is 5. The lowest BCUT2D eigenvalue weighted by Gasteiger charge is -2.14. The smallest absolute Gasteiger partial charge is 0.245 e. The molecule has 2 amide bonds. The topological polar surface area (TPSA) is 108 Å². The van der Waals surface area contributed by atoms with Crippen molar-refractivity contribution >= 4 is 28.4 Å². The molecule has 1 fully saturated rings. The summed E-state index contributed by atoms with van der Waals surface area (Å²) in [5.74, 6) is -0.388. The monoisotopic (exact) mass is 415 g/mol. The Kier molecular flexibility index (Phi) is 4.70. The molecule has 1 aliphatic rings. The fourth-order valence-corrected chi connectivity index (χ4v) is 4.08. The van der Waals surface area contributed by atoms with Crippen molar-refractivity contribution < 1.29 is 9.59 Å². The third kappa shape index (κ3) is 3.43. The van der Waals surface area contributed by atoms with Crippen molar-refractivity contribution in [2.75, 3.05) is 13.1 Å². The number of nitrogens with zero attached hydrogens (tertiary/aromatic N) is 5. The molecule has 31 heavy (non-hydrogen) atoms. The molecule has 2 N–H and O–H groups in total. The number of amides is 2. The lowest BCUT2D eigenvalue weighted by molar-refractivity contribution is -0.126. The molecule has 1 unspecified atom stereocenters. The van der Waals surface area contributed by atoms with E-state index in [-0.39, 0.29) is 17.7 Å². The number of rotatable bonds is 5. The van der Waals surface area contributed by atoms with Gasteiger partial charge in [0, 0.05) is 42.1 Å². The number of carbonyl (C=O) groups excluding carboxylic acids is 2. The molecular weight excluding hydrogens is 394 g/mol. The third-order valence-corrected chi connectivity index (χ3v) is 5.68. The van der Waals surface area contributed by atoms with Crippen LogP contribution in [0, 0.1) is 5.92 Å². The van der Waals surface area contributed by atoms with E-state index in [1.54, 1.807) is 28.1 Å². The van der Waals surface area contributed by atoms with E-state index in [9.17, 15) is 9.59 Å². The minimum atomic E-state index is -0.201. The van der Waals surface area contributed by atoms with Crippen LogP contribution in [0.5, 0.6) is 0 Å². The summed E-state index contributed by atoms with van der Waals surface area (Å²) in [5.41, 5.74) is 4.47. The fraction of sp³-hybridized carbons (Fsp3) is 0.227. The molecule has 0 aliphatic carbocycles. The van der Waals surface area contributed by atoms with E-state index >= 15 is 0 Å². The molecule has 1 saturated heterocycles. The van der Waals surface area contributed by atoms with Gasteiger partial charge in [0.05, 0.1) is 24.2 Å². The number of fused-ring (bicyclic) bond motifs is 2. The highest BCUT2D eigenvalue weighted by Crippen LogP contribution is 2.30. The van der Waals surface area contributed by atoms with Gasteiger partial charge in [0.25, 0.3) is 0 Å². The lowest BCUT2D eigenvalue weighted by Crippen LogP contribution is -2.33. The van der Waals surface area contributed by atoms with Crippen LogP contribution in [0.4, 0.5) is 0 Å². The minimum absolute atomic E-state index is 0.0556. The van der Waals surface area contributed by atoms with Crippen molar-refractivity contribution in [3.05, 3.63) is 61.2 Å². The average Bonchev–Trinajstić information content (AvgIpc) is 3.54. The van der Waals surface area contributed by atoms with Crippen molar-refractivity contribution in [2.45, 2.75) is 13.0 Å². The van der Waals surface area contributed by atoms with Gasteiger partial charge in [-0.05, 0) is 42.3 Å². The summed E-state index contributed by atoms with van der Waals surface area (Å²) in [6, 6.07) is 7.80. The van der Waals surface area contributed by atoms with Crippen molar-refractivity contribution in [3.63, 3.8) is 0 Å². The zero-order valence-corrected chi connectivity index (χ0v) is 16.8. The number of H-pyrrole nitrogens is 1. The van der Waals surface area contributed by atoms with Crippen molar-refractivity contribution in [1.29, 1.82) is 0 Å². The summed E-state index contributed by atoms with van der Waals surface area (Å²) >= 11 is 0. The van der Waals surface area contributed by atoms with Gasteiger partial charge < -0.3 is 15.2 Å². The van der Waals surface area contributed by atoms with Crippen LogP contribution in [0.3, 0.4) is 0 Å². The number of likely N-dealkylation sites (tertiary alicyclic amines) is 1. The quantitative estimate of drug-likeness (QED) is 0.484. The first-order chi connectivity index (χ1) is 15.1. The second kappa shape index (κ2) is 7.67. The normalized spacial score (nSPS) is 16.1. The van der Waals surface area contributed by atoms with Gasteiger partial charge in [0.1, 0.15) is 5.65 Å². The predicted molar refractivity (Wildman–Crippen MR) is 115 cm³/mol. The molecule has 4 aromatic rings. The molecule has 156 valence electrons. The molecule has 1 atom stereocenters. The Labute approximate surface area is 177 Å². The maximum absolute atomic E-state index is 12.6. The molecule has 0 saturated carbocycles. The Balaban J connectivity index is 1.34. The molecule has 0 aromatic carbocycles. The Bertz CT molecular complexity index is 1310. The Morgan fingerprint density at radius 2 is 2.16 bits per heavy atom. The second-order valence-corrected chi connectivity index (χ2v) is 7.56. The Morgan fingerprint density at radius 3 is 3.03 bits per heavy atom. The number of nitrogens with one attached hydrogen (secondary N) is 2. The van der Waals surface area contributed by atoms with E-state index in [4.69, 9.17) is 0 Å². The van der Waals surface area contributed by atoms with Crippen LogP contribution in [0.2, 0.25) is 0 Å². The van der Waals surface area contributed by atoms with Gasteiger partial charge in [-0.2, -0.15) is 14.8 Å². The van der Waals surface area contributed by atoms with Crippen LogP contribution < -0.4 is 5.32 Å². The first-order valence-corrected chi connectivity index (χ1v) is 10.1. The highest BCUT2D eigenvalue weighted by atomic mass is 16.2. The average molecular weight is 415 g/mol. The number of aromatic amines is 1. The summed E-state index contributed by atoms with van der Waals surface area (Å²) in [7, 11) is 0. The van der Waals surface area contributed by atoms with Gasteiger partial charge in [-0.25, -0.2) is 4.98 Å². The van der Waals surface area contributed by atoms with Crippen LogP contribution in [0.25, 0.3) is 27.7 Å². The highest BCUT2D eigenvalue weighted by Gasteiger charge is 2.29. The molecule has 0 bridgehead atoms. The van der Waals surface area contributed by atoms with Crippen LogP contribution in [0.15, 0.2) is 55.5 Å². The summed E-state index contributed by atoms with van der Waals surface area (Å²) in [6.07, 6.45) is 7.18. The SMILES string of the molecule is C=CC(=O)N1CCC(C(=O)NCc2cc3c(-c4cnn5ncccc45)ccnc3[nH]2)C1. The molecule has 1 aliphatic heterocycles. The highest BCUT2D eigenvalue weighted by molar-refractivity contribution is 5.97. The number of hydrogen-bond donors (Lipinski definition) is 2. The molecule has 0 spiro atoms. The van der Waals surface area contributed by atoms with Gasteiger partial charge in [-0.1, -0.05) is 6.58 Å². The summed E-state index contributed by atoms with van der Waals surface area (Å²) in [6.45, 7) is 4.87. The van der Waals surface area contributed by atoms with Gasteiger partial charge >= 0.3 is 0 Å². The van der Waals surface area contributed by atoms with Gasteiger partial charge in [0.2, 0.25) is 11.8 Å². The largest absolute Gasteiger partial charge is 0.350 e. The maximum Gasteiger partial charge on any atom is 0.245 e. The van der Waals surface area contributed by atoms with E-state index in [1.807, 2.05) is 24.3 Å². The van der Waals surface area contributed by atoms with Gasteiger partial charge in [-0.15, -0.1) is 0 Å². The molecule has 9 nitrogen and oxygen atoms in total. The standard InChI is InChI=1S/C22H21N7O2/c1-2-20(30)28-9-6-14(13-28)22(31)24-11-15-10-17-16(5-8-23-21(17)27-15)18-12-26-29-19(18)4-3-7-25-29/h2-5,7-8,10,12,14H,1,6,9,11,13H2,(H,23,27)(H,24,31). The summed E-state index contributed by atoms with van der Waals surface area (Å²) in [5, 5.41) is 12.5. The predicted octanol–water partition coefficient (Wildman–Crippen LogP) is 1.92. The summed E-state index contributed by atoms with van der Waals surface area (Å²) < 4.78 is 1.59. The molecule has 0 radical (unpaired) electrons. The van der Waals surface area contributed by atoms with E-state index in [1.165, 1.54) is 6.08 Å². The third-order valence-electron chi connectivity index (χ3n) is 5.68. The van der Waals surface area contributed by atoms with Crippen molar-refractivity contribution in [2.24, 2.45) is 5.92 Å². The zero-order chi connectivity index (χ0) is 21.4. The summed E-state index contributed by atoms with van der Waals surface area (Å²) in [4.78, 5) is 33.7. The first kappa shape index (κ1) is 19.0. The van der Waals surface area contributed by atoms with E-state index < -0.39 is 0 Å². The van der Waals surface area contributed by atoms with Gasteiger partial charge in [-0.3, -0.25) is 9.59 Å². The van der Waals surface area contributed by atoms with Crippen molar-refractivity contribution in [1.82, 2.24) is 35.0 Å². The second-order valence-electron chi connectivity index (χ2n) is 7.56. The zero-order valence-electron chi connectivity index (χ0n) is 16.8. The molecule has 9 heteroatoms. The molecule has 5 rings (SSSR count). The Morgan fingerprint density at radius 1 is 1.26 bits per heavy atom. The van der Waals surface area contributed by atoms with Crippen LogP contribution in [-0.4, -0.2) is 54.6 Å². The lowest BCUT2D eigenvalue weighted by atomic mass is 10.1. The number of pyridine rings is 1. The molecule has 4 aromatic heterocycles. The van der Waals surface area contributed by atoms with Crippen LogP contribution in [-0.2, 0) is 16.1 Å². The number of carbonyl (C=O) groups is 2. The van der Waals surface area contributed by atoms with E-state index in [2.05, 4.69) is 32.1 Å². The Hall–Kier alpha value is -4.01. The van der Waals surface area contributed by atoms with Gasteiger partial charge in [0.15, 0.2) is 0 Å². The minimum Gasteiger partial charge on any atom is -0.350 e. The van der Waals surface area contributed by atoms with Crippen molar-refractivity contribution in [3.8, 4) is 11.1 Å². The van der Waals surface area contributed by atoms with Crippen LogP contribution >= 0.6 is 0 Å². The molecular formula is C22H21N7O2. The maximum atomic E-state index is 12.6. The first-order valence-electron chi connectivity index (χ1n) is 10.1. The van der Waals surface area contributed by atoms with E-state index in [0.717, 1.165) is 33.4 Å². The molecule has 5 heterocycles.